The average Bonchev–Trinajstić information content (AvgIpc) is 2.53. The zero-order chi connectivity index (χ0) is 16.4. The Balaban J connectivity index is 2.12. The van der Waals surface area contributed by atoms with Crippen molar-refractivity contribution in [3.05, 3.63) is 47.1 Å². The van der Waals surface area contributed by atoms with Crippen molar-refractivity contribution in [2.75, 3.05) is 7.11 Å². The van der Waals surface area contributed by atoms with Gasteiger partial charge >= 0.3 is 6.61 Å². The van der Waals surface area contributed by atoms with Gasteiger partial charge < -0.3 is 9.47 Å². The van der Waals surface area contributed by atoms with Crippen LogP contribution in [0.1, 0.15) is 0 Å². The first kappa shape index (κ1) is 15.6. The Kier molecular flexibility index (Phi) is 4.38. The maximum atomic E-state index is 12.3. The van der Waals surface area contributed by atoms with Gasteiger partial charge in [-0.25, -0.2) is 9.97 Å². The number of rotatable bonds is 4. The topological polar surface area (TPSA) is 44.2 Å². The molecule has 0 spiro atoms. The summed E-state index contributed by atoms with van der Waals surface area (Å²) in [6.45, 7) is -2.94. The highest BCUT2D eigenvalue weighted by Crippen LogP contribution is 2.32. The lowest BCUT2D eigenvalue weighted by atomic mass is 10.0. The molecular formula is C16H11BrF2N2O2. The van der Waals surface area contributed by atoms with Crippen LogP contribution in [0.3, 0.4) is 0 Å². The van der Waals surface area contributed by atoms with Crippen molar-refractivity contribution in [1.29, 1.82) is 0 Å². The second kappa shape index (κ2) is 6.45. The van der Waals surface area contributed by atoms with Gasteiger partial charge in [0.05, 0.1) is 24.3 Å². The van der Waals surface area contributed by atoms with Gasteiger partial charge in [0.1, 0.15) is 5.75 Å². The summed E-state index contributed by atoms with van der Waals surface area (Å²) in [6, 6.07) is 11.1. The fraction of sp³-hybridized carbons (Fsp3) is 0.125. The zero-order valence-corrected chi connectivity index (χ0v) is 13.5. The van der Waals surface area contributed by atoms with Crippen LogP contribution in [0.5, 0.6) is 11.6 Å². The third-order valence-corrected chi connectivity index (χ3v) is 3.66. The van der Waals surface area contributed by atoms with Gasteiger partial charge in [0.25, 0.3) is 0 Å². The Morgan fingerprint density at radius 3 is 2.52 bits per heavy atom. The van der Waals surface area contributed by atoms with Crippen LogP contribution in [-0.4, -0.2) is 23.7 Å². The molecule has 0 saturated heterocycles. The SMILES string of the molecule is COc1ccc(-c2cc(Br)cc3nc(OC(F)F)cnc23)cc1. The Bertz CT molecular complexity index is 841. The van der Waals surface area contributed by atoms with Crippen LogP contribution in [-0.2, 0) is 0 Å². The molecule has 0 N–H and O–H groups in total. The first-order valence-corrected chi connectivity index (χ1v) is 7.41. The van der Waals surface area contributed by atoms with Gasteiger partial charge in [0, 0.05) is 10.0 Å². The van der Waals surface area contributed by atoms with Crippen molar-refractivity contribution < 1.29 is 18.3 Å². The van der Waals surface area contributed by atoms with Crippen LogP contribution in [0, 0.1) is 0 Å². The van der Waals surface area contributed by atoms with Crippen LogP contribution < -0.4 is 9.47 Å². The Labute approximate surface area is 139 Å². The Morgan fingerprint density at radius 1 is 1.13 bits per heavy atom. The molecule has 0 amide bonds. The largest absolute Gasteiger partial charge is 0.497 e. The third kappa shape index (κ3) is 3.39. The van der Waals surface area contributed by atoms with Gasteiger partial charge in [-0.2, -0.15) is 8.78 Å². The predicted octanol–water partition coefficient (Wildman–Crippen LogP) is 4.67. The molecule has 0 fully saturated rings. The summed E-state index contributed by atoms with van der Waals surface area (Å²) in [5, 5.41) is 0. The number of hydrogen-bond donors (Lipinski definition) is 0. The molecule has 4 nitrogen and oxygen atoms in total. The van der Waals surface area contributed by atoms with Gasteiger partial charge in [0.2, 0.25) is 5.88 Å². The lowest BCUT2D eigenvalue weighted by Crippen LogP contribution is -2.04. The summed E-state index contributed by atoms with van der Waals surface area (Å²) in [4.78, 5) is 8.30. The molecule has 0 aliphatic carbocycles. The molecule has 2 aromatic carbocycles. The molecule has 1 heterocycles. The van der Waals surface area contributed by atoms with E-state index in [2.05, 4.69) is 30.6 Å². The van der Waals surface area contributed by atoms with E-state index in [-0.39, 0.29) is 5.88 Å². The molecule has 118 valence electrons. The Hall–Kier alpha value is -2.28. The molecule has 3 aromatic rings. The third-order valence-electron chi connectivity index (χ3n) is 3.20. The highest BCUT2D eigenvalue weighted by Gasteiger charge is 2.12. The van der Waals surface area contributed by atoms with Crippen LogP contribution in [0.15, 0.2) is 47.1 Å². The van der Waals surface area contributed by atoms with Crippen molar-refractivity contribution in [3.8, 4) is 22.8 Å². The number of halogens is 3. The molecule has 0 saturated carbocycles. The second-order valence-corrected chi connectivity index (χ2v) is 5.55. The number of nitrogens with zero attached hydrogens (tertiary/aromatic N) is 2. The van der Waals surface area contributed by atoms with Crippen molar-refractivity contribution in [2.45, 2.75) is 6.61 Å². The van der Waals surface area contributed by atoms with E-state index in [0.717, 1.165) is 21.3 Å². The lowest BCUT2D eigenvalue weighted by Gasteiger charge is -2.09. The molecule has 0 bridgehead atoms. The molecule has 0 aliphatic rings. The number of aromatic nitrogens is 2. The summed E-state index contributed by atoms with van der Waals surface area (Å²) in [5.74, 6) is 0.526. The average molecular weight is 381 g/mol. The number of alkyl halides is 2. The van der Waals surface area contributed by atoms with Gasteiger partial charge in [-0.05, 0) is 29.8 Å². The predicted molar refractivity (Wildman–Crippen MR) is 85.9 cm³/mol. The summed E-state index contributed by atoms with van der Waals surface area (Å²) >= 11 is 3.40. The summed E-state index contributed by atoms with van der Waals surface area (Å²) in [5.41, 5.74) is 2.80. The minimum Gasteiger partial charge on any atom is -0.497 e. The quantitative estimate of drug-likeness (QED) is 0.659. The maximum Gasteiger partial charge on any atom is 0.388 e. The van der Waals surface area contributed by atoms with Crippen LogP contribution >= 0.6 is 15.9 Å². The van der Waals surface area contributed by atoms with Crippen molar-refractivity contribution >= 4 is 27.0 Å². The van der Waals surface area contributed by atoms with Gasteiger partial charge in [-0.1, -0.05) is 28.1 Å². The molecule has 3 rings (SSSR count). The Morgan fingerprint density at radius 2 is 1.87 bits per heavy atom. The van der Waals surface area contributed by atoms with E-state index in [1.807, 2.05) is 30.3 Å². The first-order chi connectivity index (χ1) is 11.1. The number of benzene rings is 2. The monoisotopic (exact) mass is 380 g/mol. The van der Waals surface area contributed by atoms with Crippen molar-refractivity contribution in [2.24, 2.45) is 0 Å². The maximum absolute atomic E-state index is 12.3. The van der Waals surface area contributed by atoms with Crippen molar-refractivity contribution in [1.82, 2.24) is 9.97 Å². The molecule has 1 aromatic heterocycles. The minimum atomic E-state index is -2.94. The van der Waals surface area contributed by atoms with E-state index in [9.17, 15) is 8.78 Å². The second-order valence-electron chi connectivity index (χ2n) is 4.64. The van der Waals surface area contributed by atoms with E-state index in [1.54, 1.807) is 13.2 Å². The van der Waals surface area contributed by atoms with E-state index in [1.165, 1.54) is 6.20 Å². The molecule has 0 atom stereocenters. The zero-order valence-electron chi connectivity index (χ0n) is 12.0. The first-order valence-electron chi connectivity index (χ1n) is 6.62. The van der Waals surface area contributed by atoms with E-state index in [4.69, 9.17) is 4.74 Å². The number of hydrogen-bond acceptors (Lipinski definition) is 4. The van der Waals surface area contributed by atoms with E-state index >= 15 is 0 Å². The van der Waals surface area contributed by atoms with E-state index < -0.39 is 6.61 Å². The van der Waals surface area contributed by atoms with Crippen LogP contribution in [0.2, 0.25) is 0 Å². The lowest BCUT2D eigenvalue weighted by molar-refractivity contribution is -0.0528. The van der Waals surface area contributed by atoms with Crippen LogP contribution in [0.25, 0.3) is 22.2 Å². The van der Waals surface area contributed by atoms with Crippen molar-refractivity contribution in [3.63, 3.8) is 0 Å². The molecule has 0 radical (unpaired) electrons. The molecule has 23 heavy (non-hydrogen) atoms. The fourth-order valence-corrected chi connectivity index (χ4v) is 2.66. The normalized spacial score (nSPS) is 11.0. The van der Waals surface area contributed by atoms with E-state index in [0.29, 0.717) is 11.0 Å². The number of fused-ring (bicyclic) bond motifs is 1. The van der Waals surface area contributed by atoms with Crippen LogP contribution in [0.4, 0.5) is 8.78 Å². The highest BCUT2D eigenvalue weighted by atomic mass is 79.9. The fourth-order valence-electron chi connectivity index (χ4n) is 2.21. The molecular weight excluding hydrogens is 370 g/mol. The smallest absolute Gasteiger partial charge is 0.388 e. The molecule has 0 aliphatic heterocycles. The molecule has 0 unspecified atom stereocenters. The van der Waals surface area contributed by atoms with Gasteiger partial charge in [-0.15, -0.1) is 0 Å². The number of ether oxygens (including phenoxy) is 2. The number of methoxy groups -OCH3 is 1. The van der Waals surface area contributed by atoms with Gasteiger partial charge in [-0.3, -0.25) is 0 Å². The summed E-state index contributed by atoms with van der Waals surface area (Å²) in [6.07, 6.45) is 1.19. The molecule has 7 heteroatoms. The highest BCUT2D eigenvalue weighted by molar-refractivity contribution is 9.10. The standard InChI is InChI=1S/C16H11BrF2N2O2/c1-22-11-4-2-9(3-5-11)12-6-10(17)7-13-15(12)20-8-14(21-13)23-16(18)19/h2-8,16H,1H3. The summed E-state index contributed by atoms with van der Waals surface area (Å²) < 4.78 is 34.8. The van der Waals surface area contributed by atoms with Gasteiger partial charge in [0.15, 0.2) is 0 Å². The minimum absolute atomic E-state index is 0.216. The summed E-state index contributed by atoms with van der Waals surface area (Å²) in [7, 11) is 1.60.